The van der Waals surface area contributed by atoms with E-state index in [0.29, 0.717) is 12.3 Å². The number of ether oxygens (including phenoxy) is 1. The molecule has 1 heterocycles. The standard InChI is InChI=1S/C31H27NO3/c1-2-19-35-23-15-13-22(14-16-23)32-30(33)28-24-17-18-25(29(28)31(32)34)27(24)26(20-9-5-3-6-10-20)21-11-7-4-8-12-21/h3-18,24-25,28-29H,2,19H2,1H3/t24-,25-,28-,29+/m0/s1. The number of hydrogen-bond donors (Lipinski definition) is 0. The average Bonchev–Trinajstić information content (AvgIpc) is 3.54. The number of rotatable bonds is 6. The molecule has 2 fully saturated rings. The number of benzene rings is 3. The summed E-state index contributed by atoms with van der Waals surface area (Å²) < 4.78 is 5.67. The summed E-state index contributed by atoms with van der Waals surface area (Å²) in [7, 11) is 0. The van der Waals surface area contributed by atoms with Gasteiger partial charge in [-0.25, -0.2) is 4.90 Å². The molecule has 0 spiro atoms. The van der Waals surface area contributed by atoms with Crippen LogP contribution in [0.15, 0.2) is 103 Å². The van der Waals surface area contributed by atoms with E-state index in [1.54, 1.807) is 0 Å². The Hall–Kier alpha value is -3.92. The van der Waals surface area contributed by atoms with Crippen molar-refractivity contribution >= 4 is 23.1 Å². The SMILES string of the molecule is CCCOc1ccc(N2C(=O)[C@@H]3[C@H](C2=O)[C@H]2C=C[C@H]3C2=C(c2ccccc2)c2ccccc2)cc1. The number of allylic oxidation sites excluding steroid dienone is 3. The van der Waals surface area contributed by atoms with Crippen LogP contribution < -0.4 is 9.64 Å². The molecule has 4 heteroatoms. The highest BCUT2D eigenvalue weighted by atomic mass is 16.5. The highest BCUT2D eigenvalue weighted by Crippen LogP contribution is 2.58. The molecule has 3 aromatic carbocycles. The van der Waals surface area contributed by atoms with E-state index in [9.17, 15) is 9.59 Å². The quantitative estimate of drug-likeness (QED) is 0.339. The lowest BCUT2D eigenvalue weighted by Crippen LogP contribution is -2.33. The van der Waals surface area contributed by atoms with Crippen LogP contribution in [0.1, 0.15) is 24.5 Å². The van der Waals surface area contributed by atoms with Gasteiger partial charge in [0.2, 0.25) is 11.8 Å². The van der Waals surface area contributed by atoms with Crippen molar-refractivity contribution in [1.29, 1.82) is 0 Å². The zero-order valence-corrected chi connectivity index (χ0v) is 19.6. The molecule has 1 saturated carbocycles. The minimum absolute atomic E-state index is 0.0750. The third kappa shape index (κ3) is 3.44. The van der Waals surface area contributed by atoms with Gasteiger partial charge in [0.15, 0.2) is 0 Å². The Kier molecular flexibility index (Phi) is 5.37. The molecule has 3 aliphatic rings. The number of fused-ring (bicyclic) bond motifs is 5. The Balaban J connectivity index is 1.39. The summed E-state index contributed by atoms with van der Waals surface area (Å²) in [6.45, 7) is 2.70. The van der Waals surface area contributed by atoms with Crippen molar-refractivity contribution in [2.75, 3.05) is 11.5 Å². The predicted molar refractivity (Wildman–Crippen MR) is 137 cm³/mol. The van der Waals surface area contributed by atoms with Gasteiger partial charge in [0.05, 0.1) is 24.1 Å². The van der Waals surface area contributed by atoms with Gasteiger partial charge in [-0.3, -0.25) is 9.59 Å². The molecule has 4 atom stereocenters. The summed E-state index contributed by atoms with van der Waals surface area (Å²) in [6.07, 6.45) is 5.21. The number of carbonyl (C=O) groups excluding carboxylic acids is 2. The molecular weight excluding hydrogens is 434 g/mol. The van der Waals surface area contributed by atoms with Crippen molar-refractivity contribution in [2.45, 2.75) is 13.3 Å². The van der Waals surface area contributed by atoms with E-state index >= 15 is 0 Å². The van der Waals surface area contributed by atoms with Gasteiger partial charge in [0.25, 0.3) is 0 Å². The summed E-state index contributed by atoms with van der Waals surface area (Å²) in [5.74, 6) is -0.314. The molecule has 4 nitrogen and oxygen atoms in total. The second-order valence-electron chi connectivity index (χ2n) is 9.40. The first-order chi connectivity index (χ1) is 17.2. The van der Waals surface area contributed by atoms with Crippen molar-refractivity contribution < 1.29 is 14.3 Å². The molecule has 2 amide bonds. The Morgan fingerprint density at radius 3 is 1.74 bits per heavy atom. The fourth-order valence-corrected chi connectivity index (χ4v) is 5.97. The van der Waals surface area contributed by atoms with Crippen molar-refractivity contribution in [1.82, 2.24) is 0 Å². The van der Waals surface area contributed by atoms with Crippen LogP contribution in [0.5, 0.6) is 5.75 Å². The number of imide groups is 1. The molecule has 0 radical (unpaired) electrons. The lowest BCUT2D eigenvalue weighted by Gasteiger charge is -2.21. The van der Waals surface area contributed by atoms with Gasteiger partial charge in [-0.2, -0.15) is 0 Å². The molecule has 0 unspecified atom stereocenters. The maximum atomic E-state index is 13.7. The van der Waals surface area contributed by atoms with E-state index in [4.69, 9.17) is 4.74 Å². The molecule has 174 valence electrons. The van der Waals surface area contributed by atoms with Crippen molar-refractivity contribution in [2.24, 2.45) is 23.7 Å². The minimum Gasteiger partial charge on any atom is -0.494 e. The fraction of sp³-hybridized carbons (Fsp3) is 0.226. The van der Waals surface area contributed by atoms with E-state index in [-0.39, 0.29) is 35.5 Å². The smallest absolute Gasteiger partial charge is 0.238 e. The van der Waals surface area contributed by atoms with Crippen LogP contribution in [-0.2, 0) is 9.59 Å². The second kappa shape index (κ2) is 8.70. The average molecular weight is 462 g/mol. The van der Waals surface area contributed by atoms with Crippen LogP contribution in [-0.4, -0.2) is 18.4 Å². The van der Waals surface area contributed by atoms with Gasteiger partial charge in [0, 0.05) is 11.8 Å². The first-order valence-corrected chi connectivity index (χ1v) is 12.3. The lowest BCUT2D eigenvalue weighted by molar-refractivity contribution is -0.122. The maximum Gasteiger partial charge on any atom is 0.238 e. The minimum atomic E-state index is -0.356. The van der Waals surface area contributed by atoms with Gasteiger partial charge in [-0.05, 0) is 53.0 Å². The molecular formula is C31H27NO3. The molecule has 3 aromatic rings. The number of hydrogen-bond acceptors (Lipinski definition) is 3. The zero-order valence-electron chi connectivity index (χ0n) is 19.6. The van der Waals surface area contributed by atoms with E-state index in [1.165, 1.54) is 10.5 Å². The van der Waals surface area contributed by atoms with Crippen molar-refractivity contribution in [3.05, 3.63) is 114 Å². The largest absolute Gasteiger partial charge is 0.494 e. The van der Waals surface area contributed by atoms with Gasteiger partial charge >= 0.3 is 0 Å². The first-order valence-electron chi connectivity index (χ1n) is 12.3. The van der Waals surface area contributed by atoms with Crippen LogP contribution in [0.3, 0.4) is 0 Å². The third-order valence-electron chi connectivity index (χ3n) is 7.40. The van der Waals surface area contributed by atoms with Crippen molar-refractivity contribution in [3.63, 3.8) is 0 Å². The third-order valence-corrected chi connectivity index (χ3v) is 7.40. The highest BCUT2D eigenvalue weighted by Gasteiger charge is 2.62. The van der Waals surface area contributed by atoms with Gasteiger partial charge < -0.3 is 4.74 Å². The Bertz CT molecular complexity index is 1250. The Labute approximate surface area is 205 Å². The van der Waals surface area contributed by atoms with Gasteiger partial charge in [0.1, 0.15) is 5.75 Å². The normalized spacial score (nSPS) is 24.3. The monoisotopic (exact) mass is 461 g/mol. The van der Waals surface area contributed by atoms with Crippen LogP contribution in [0.25, 0.3) is 5.57 Å². The molecule has 1 aliphatic heterocycles. The number of amides is 2. The van der Waals surface area contributed by atoms with Gasteiger partial charge in [-0.1, -0.05) is 79.7 Å². The molecule has 2 bridgehead atoms. The van der Waals surface area contributed by atoms with E-state index in [0.717, 1.165) is 28.9 Å². The van der Waals surface area contributed by atoms with Crippen LogP contribution in [0, 0.1) is 23.7 Å². The zero-order chi connectivity index (χ0) is 23.9. The number of anilines is 1. The molecule has 6 rings (SSSR count). The number of nitrogens with zero attached hydrogens (tertiary/aromatic N) is 1. The van der Waals surface area contributed by atoms with Gasteiger partial charge in [-0.15, -0.1) is 0 Å². The summed E-state index contributed by atoms with van der Waals surface area (Å²) in [6, 6.07) is 27.9. The molecule has 0 aromatic heterocycles. The second-order valence-corrected chi connectivity index (χ2v) is 9.40. The van der Waals surface area contributed by atoms with Crippen molar-refractivity contribution in [3.8, 4) is 5.75 Å². The Morgan fingerprint density at radius 2 is 1.26 bits per heavy atom. The fourth-order valence-electron chi connectivity index (χ4n) is 5.97. The van der Waals surface area contributed by atoms with E-state index in [2.05, 4.69) is 43.3 Å². The predicted octanol–water partition coefficient (Wildman–Crippen LogP) is 5.90. The van der Waals surface area contributed by atoms with Crippen LogP contribution >= 0.6 is 0 Å². The summed E-state index contributed by atoms with van der Waals surface area (Å²) in [4.78, 5) is 28.8. The molecule has 1 saturated heterocycles. The first kappa shape index (κ1) is 21.6. The summed E-state index contributed by atoms with van der Waals surface area (Å²) in [5.41, 5.74) is 5.19. The lowest BCUT2D eigenvalue weighted by atomic mass is 9.85. The number of carbonyl (C=O) groups is 2. The highest BCUT2D eigenvalue weighted by molar-refractivity contribution is 6.23. The molecule has 2 aliphatic carbocycles. The molecule has 0 N–H and O–H groups in total. The van der Waals surface area contributed by atoms with E-state index < -0.39 is 0 Å². The van der Waals surface area contributed by atoms with Crippen LogP contribution in [0.2, 0.25) is 0 Å². The molecule has 35 heavy (non-hydrogen) atoms. The summed E-state index contributed by atoms with van der Waals surface area (Å²) >= 11 is 0. The Morgan fingerprint density at radius 1 is 0.743 bits per heavy atom. The van der Waals surface area contributed by atoms with Crippen LogP contribution in [0.4, 0.5) is 5.69 Å². The maximum absolute atomic E-state index is 13.7. The topological polar surface area (TPSA) is 46.6 Å². The summed E-state index contributed by atoms with van der Waals surface area (Å²) in [5, 5.41) is 0. The van der Waals surface area contributed by atoms with E-state index in [1.807, 2.05) is 60.7 Å².